The van der Waals surface area contributed by atoms with Gasteiger partial charge in [0.15, 0.2) is 0 Å². The number of nitrogens with zero attached hydrogens (tertiary/aromatic N) is 5. The van der Waals surface area contributed by atoms with Gasteiger partial charge in [0.1, 0.15) is 23.2 Å². The molecule has 0 aliphatic heterocycles. The zero-order valence-corrected chi connectivity index (χ0v) is 18.8. The van der Waals surface area contributed by atoms with Gasteiger partial charge in [-0.25, -0.2) is 19.0 Å². The number of hydrogen-bond donors (Lipinski definition) is 1. The lowest BCUT2D eigenvalue weighted by atomic mass is 10.1. The molecule has 0 radical (unpaired) electrons. The van der Waals surface area contributed by atoms with E-state index in [1.54, 1.807) is 31.6 Å². The first kappa shape index (κ1) is 23.2. The topological polar surface area (TPSA) is 77.6 Å². The van der Waals surface area contributed by atoms with Crippen molar-refractivity contribution < 1.29 is 17.6 Å². The smallest absolute Gasteiger partial charge is 0.373 e. The first-order chi connectivity index (χ1) is 17.2. The molecule has 0 fully saturated rings. The van der Waals surface area contributed by atoms with Crippen LogP contribution >= 0.6 is 0 Å². The molecule has 2 aromatic carbocycles. The van der Waals surface area contributed by atoms with Crippen LogP contribution in [-0.4, -0.2) is 31.4 Å². The Morgan fingerprint density at radius 1 is 1.00 bits per heavy atom. The maximum atomic E-state index is 14.1. The van der Waals surface area contributed by atoms with E-state index in [-0.39, 0.29) is 12.1 Å². The highest BCUT2D eigenvalue weighted by atomic mass is 19.4. The van der Waals surface area contributed by atoms with Crippen LogP contribution in [0.5, 0.6) is 0 Å². The molecule has 0 aliphatic rings. The zero-order valence-electron chi connectivity index (χ0n) is 18.8. The fourth-order valence-corrected chi connectivity index (χ4v) is 3.84. The number of rotatable bonds is 5. The molecule has 5 aromatic rings. The third kappa shape index (κ3) is 4.42. The van der Waals surface area contributed by atoms with Crippen LogP contribution in [-0.2, 0) is 12.7 Å². The van der Waals surface area contributed by atoms with Crippen molar-refractivity contribution >= 4 is 16.7 Å². The molecule has 0 atom stereocenters. The van der Waals surface area contributed by atoms with Gasteiger partial charge in [-0.15, -0.1) is 0 Å². The lowest BCUT2D eigenvalue weighted by Gasteiger charge is -2.08. The van der Waals surface area contributed by atoms with E-state index in [1.807, 2.05) is 0 Å². The van der Waals surface area contributed by atoms with Gasteiger partial charge >= 0.3 is 6.18 Å². The van der Waals surface area contributed by atoms with E-state index in [0.717, 1.165) is 12.1 Å². The molecule has 0 spiro atoms. The van der Waals surface area contributed by atoms with Gasteiger partial charge in [-0.2, -0.15) is 18.3 Å². The predicted octanol–water partition coefficient (Wildman–Crippen LogP) is 4.89. The Kier molecular flexibility index (Phi) is 5.75. The average Bonchev–Trinajstić information content (AvgIpc) is 3.23. The lowest BCUT2D eigenvalue weighted by Crippen LogP contribution is -2.20. The summed E-state index contributed by atoms with van der Waals surface area (Å²) in [5.41, 5.74) is 0.407. The number of benzene rings is 2. The van der Waals surface area contributed by atoms with Crippen molar-refractivity contribution in [3.63, 3.8) is 0 Å². The van der Waals surface area contributed by atoms with Crippen LogP contribution in [0.15, 0.2) is 77.9 Å². The molecule has 0 aliphatic carbocycles. The van der Waals surface area contributed by atoms with Crippen LogP contribution in [0.25, 0.3) is 27.8 Å². The van der Waals surface area contributed by atoms with Crippen molar-refractivity contribution in [1.82, 2.24) is 24.3 Å². The van der Waals surface area contributed by atoms with Crippen LogP contribution in [0, 0.1) is 5.82 Å². The number of nitrogens with one attached hydrogen (secondary N) is 1. The molecule has 0 saturated heterocycles. The Labute approximate surface area is 201 Å². The third-order valence-electron chi connectivity index (χ3n) is 5.63. The fraction of sp³-hybridized carbons (Fsp3) is 0.120. The Morgan fingerprint density at radius 3 is 2.47 bits per heavy atom. The van der Waals surface area contributed by atoms with E-state index in [2.05, 4.69) is 20.4 Å². The summed E-state index contributed by atoms with van der Waals surface area (Å²) >= 11 is 0. The number of alkyl halides is 3. The van der Waals surface area contributed by atoms with Crippen LogP contribution in [0.4, 0.5) is 23.4 Å². The summed E-state index contributed by atoms with van der Waals surface area (Å²) in [6.07, 6.45) is -1.31. The van der Waals surface area contributed by atoms with Gasteiger partial charge in [0.25, 0.3) is 5.56 Å². The molecule has 7 nitrogen and oxygen atoms in total. The third-order valence-corrected chi connectivity index (χ3v) is 5.63. The van der Waals surface area contributed by atoms with Gasteiger partial charge in [-0.05, 0) is 48.5 Å². The molecule has 0 amide bonds. The summed E-state index contributed by atoms with van der Waals surface area (Å²) in [6, 6.07) is 13.2. The van der Waals surface area contributed by atoms with Crippen molar-refractivity contribution in [2.45, 2.75) is 12.7 Å². The van der Waals surface area contributed by atoms with Gasteiger partial charge in [-0.1, -0.05) is 0 Å². The highest BCUT2D eigenvalue weighted by Crippen LogP contribution is 2.32. The highest BCUT2D eigenvalue weighted by molar-refractivity contribution is 5.94. The van der Waals surface area contributed by atoms with E-state index in [1.165, 1.54) is 45.6 Å². The van der Waals surface area contributed by atoms with Crippen LogP contribution < -0.4 is 10.9 Å². The molecule has 3 heterocycles. The number of anilines is 1. The summed E-state index contributed by atoms with van der Waals surface area (Å²) in [6.45, 7) is 0.153. The second-order valence-corrected chi connectivity index (χ2v) is 7.96. The van der Waals surface area contributed by atoms with Gasteiger partial charge in [0, 0.05) is 42.5 Å². The van der Waals surface area contributed by atoms with Crippen molar-refractivity contribution in [1.29, 1.82) is 0 Å². The standard InChI is InChI=1S/C25H18F4N6O/c1-30-21-8-10-31-22(32-21)14-34-11-9-15(12-23(34)36)24-19-7-4-17(26)13-20(19)35(33-24)18-5-2-16(3-6-18)25(27,28)29/h2-13H,14H2,1H3,(H,30,31,32). The van der Waals surface area contributed by atoms with Crippen molar-refractivity contribution in [2.24, 2.45) is 0 Å². The van der Waals surface area contributed by atoms with Gasteiger partial charge in [-0.3, -0.25) is 4.79 Å². The highest BCUT2D eigenvalue weighted by Gasteiger charge is 2.30. The number of pyridine rings is 1. The van der Waals surface area contributed by atoms with E-state index >= 15 is 0 Å². The van der Waals surface area contributed by atoms with E-state index in [0.29, 0.717) is 39.5 Å². The minimum atomic E-state index is -4.48. The summed E-state index contributed by atoms with van der Waals surface area (Å²) in [5.74, 6) is 0.544. The number of halogens is 4. The van der Waals surface area contributed by atoms with Crippen molar-refractivity contribution in [2.75, 3.05) is 12.4 Å². The molecule has 3 aromatic heterocycles. The van der Waals surface area contributed by atoms with E-state index < -0.39 is 17.6 Å². The minimum Gasteiger partial charge on any atom is -0.373 e. The molecule has 11 heteroatoms. The normalized spacial score (nSPS) is 11.7. The van der Waals surface area contributed by atoms with E-state index in [9.17, 15) is 22.4 Å². The number of hydrogen-bond acceptors (Lipinski definition) is 5. The second-order valence-electron chi connectivity index (χ2n) is 7.96. The van der Waals surface area contributed by atoms with Gasteiger partial charge in [0.05, 0.1) is 23.3 Å². The fourth-order valence-electron chi connectivity index (χ4n) is 3.84. The van der Waals surface area contributed by atoms with Crippen LogP contribution in [0.2, 0.25) is 0 Å². The molecule has 0 saturated carbocycles. The molecule has 0 bridgehead atoms. The SMILES string of the molecule is CNc1ccnc(Cn2ccc(-c3nn(-c4ccc(C(F)(F)F)cc4)c4cc(F)ccc34)cc2=O)n1. The Bertz CT molecular complexity index is 1620. The molecule has 182 valence electrons. The average molecular weight is 494 g/mol. The van der Waals surface area contributed by atoms with Crippen molar-refractivity contribution in [3.05, 3.63) is 101 Å². The van der Waals surface area contributed by atoms with Gasteiger partial charge in [0.2, 0.25) is 0 Å². The van der Waals surface area contributed by atoms with E-state index in [4.69, 9.17) is 0 Å². The van der Waals surface area contributed by atoms with Crippen LogP contribution in [0.3, 0.4) is 0 Å². The lowest BCUT2D eigenvalue weighted by molar-refractivity contribution is -0.137. The van der Waals surface area contributed by atoms with Crippen molar-refractivity contribution in [3.8, 4) is 16.9 Å². The summed E-state index contributed by atoms with van der Waals surface area (Å²) in [7, 11) is 1.73. The molecule has 1 N–H and O–H groups in total. The molecular formula is C25H18F4N6O. The first-order valence-corrected chi connectivity index (χ1v) is 10.8. The Hall–Kier alpha value is -4.54. The maximum absolute atomic E-state index is 14.1. The first-order valence-electron chi connectivity index (χ1n) is 10.8. The number of fused-ring (bicyclic) bond motifs is 1. The summed E-state index contributed by atoms with van der Waals surface area (Å²) in [5, 5.41) is 7.98. The van der Waals surface area contributed by atoms with Gasteiger partial charge < -0.3 is 9.88 Å². The zero-order chi connectivity index (χ0) is 25.4. The maximum Gasteiger partial charge on any atom is 0.416 e. The summed E-state index contributed by atoms with van der Waals surface area (Å²) < 4.78 is 55.8. The second kappa shape index (κ2) is 8.91. The molecular weight excluding hydrogens is 476 g/mol. The largest absolute Gasteiger partial charge is 0.416 e. The molecule has 0 unspecified atom stereocenters. The Balaban J connectivity index is 1.55. The predicted molar refractivity (Wildman–Crippen MR) is 126 cm³/mol. The monoisotopic (exact) mass is 494 g/mol. The molecule has 5 rings (SSSR count). The quantitative estimate of drug-likeness (QED) is 0.352. The summed E-state index contributed by atoms with van der Waals surface area (Å²) in [4.78, 5) is 21.4. The van der Waals surface area contributed by atoms with Crippen LogP contribution in [0.1, 0.15) is 11.4 Å². The number of aromatic nitrogens is 5. The minimum absolute atomic E-state index is 0.153. The molecule has 36 heavy (non-hydrogen) atoms. The Morgan fingerprint density at radius 2 is 1.78 bits per heavy atom.